The van der Waals surface area contributed by atoms with Gasteiger partial charge in [-0.15, -0.1) is 0 Å². The van der Waals surface area contributed by atoms with Crippen LogP contribution >= 0.6 is 0 Å². The van der Waals surface area contributed by atoms with Crippen LogP contribution in [0.15, 0.2) is 207 Å². The van der Waals surface area contributed by atoms with Gasteiger partial charge in [-0.05, 0) is 79.8 Å². The Labute approximate surface area is 331 Å². The highest BCUT2D eigenvalue weighted by Crippen LogP contribution is 2.57. The summed E-state index contributed by atoms with van der Waals surface area (Å²) < 4.78 is 2.56. The Kier molecular flexibility index (Phi) is 6.94. The van der Waals surface area contributed by atoms with Gasteiger partial charge >= 0.3 is 0 Å². The van der Waals surface area contributed by atoms with Gasteiger partial charge < -0.3 is 4.57 Å². The smallest absolute Gasteiger partial charge is 0.246 e. The van der Waals surface area contributed by atoms with Gasteiger partial charge in [0.25, 0.3) is 0 Å². The summed E-state index contributed by atoms with van der Waals surface area (Å²) >= 11 is 0. The number of nitrogens with zero attached hydrogens (tertiary/aromatic N) is 3. The molecule has 3 nitrogen and oxygen atoms in total. The Hall–Kier alpha value is -7.30. The second-order valence-electron chi connectivity index (χ2n) is 15.3. The summed E-state index contributed by atoms with van der Waals surface area (Å²) in [4.78, 5) is 8.89. The van der Waals surface area contributed by atoms with Gasteiger partial charge in [0.05, 0.1) is 16.4 Å². The Balaban J connectivity index is 1.20. The third kappa shape index (κ3) is 4.44. The minimum atomic E-state index is -0.502. The quantitative estimate of drug-likeness (QED) is 0.166. The highest BCUT2D eigenvalue weighted by atomic mass is 15.0. The van der Waals surface area contributed by atoms with Gasteiger partial charge in [-0.1, -0.05) is 175 Å². The largest absolute Gasteiger partial charge is 0.310 e. The molecule has 12 rings (SSSR count). The van der Waals surface area contributed by atoms with Crippen molar-refractivity contribution >= 4 is 44.9 Å². The molecule has 0 N–H and O–H groups in total. The van der Waals surface area contributed by atoms with Crippen LogP contribution in [0.25, 0.3) is 60.9 Å². The van der Waals surface area contributed by atoms with Crippen LogP contribution < -0.4 is 16.4 Å². The van der Waals surface area contributed by atoms with E-state index in [-0.39, 0.29) is 6.71 Å². The van der Waals surface area contributed by atoms with E-state index in [1.54, 1.807) is 6.33 Å². The maximum absolute atomic E-state index is 4.44. The number of rotatable bonds is 5. The molecule has 0 spiro atoms. The molecule has 8 aromatic carbocycles. The first-order valence-electron chi connectivity index (χ1n) is 19.7. The van der Waals surface area contributed by atoms with Crippen LogP contribution in [0.2, 0.25) is 0 Å². The third-order valence-corrected chi connectivity index (χ3v) is 12.6. The zero-order valence-electron chi connectivity index (χ0n) is 31.0. The van der Waals surface area contributed by atoms with E-state index in [0.29, 0.717) is 0 Å². The summed E-state index contributed by atoms with van der Waals surface area (Å²) in [5.41, 5.74) is 19.4. The van der Waals surface area contributed by atoms with Gasteiger partial charge in [0, 0.05) is 34.4 Å². The van der Waals surface area contributed by atoms with E-state index in [1.165, 1.54) is 88.4 Å². The number of hydrogen-bond donors (Lipinski definition) is 0. The molecule has 264 valence electrons. The fourth-order valence-electron chi connectivity index (χ4n) is 10.4. The number of benzene rings is 8. The van der Waals surface area contributed by atoms with Crippen LogP contribution in [-0.4, -0.2) is 21.2 Å². The standard InChI is InChI=1S/C53H34BN3/c1-4-16-36(17-5-1)53(37-18-6-2-7-19-37)46-27-12-10-22-40(46)44-30-45-41-23-11-13-28-48(41)57(50(45)31-47(44)53)49-29-15-26-43-42-25-14-24-39(35-32-55-34-56-33-35)51(42)54(52(43)49)38-20-8-3-9-21-38/h1-34H. The minimum Gasteiger partial charge on any atom is -0.310 e. The molecule has 0 fully saturated rings. The molecule has 0 saturated heterocycles. The molecule has 0 amide bonds. The summed E-state index contributed by atoms with van der Waals surface area (Å²) in [6, 6.07) is 69.8. The van der Waals surface area contributed by atoms with Crippen molar-refractivity contribution in [3.63, 3.8) is 0 Å². The van der Waals surface area contributed by atoms with Crippen LogP contribution in [0.4, 0.5) is 0 Å². The number of aromatic nitrogens is 3. The second-order valence-corrected chi connectivity index (χ2v) is 15.3. The maximum atomic E-state index is 4.44. The van der Waals surface area contributed by atoms with Crippen molar-refractivity contribution < 1.29 is 0 Å². The Morgan fingerprint density at radius 1 is 0.421 bits per heavy atom. The van der Waals surface area contributed by atoms with Crippen LogP contribution in [0, 0.1) is 0 Å². The molecular formula is C53H34BN3. The summed E-state index contributed by atoms with van der Waals surface area (Å²) in [7, 11) is 0. The molecular weight excluding hydrogens is 689 g/mol. The highest BCUT2D eigenvalue weighted by Gasteiger charge is 2.47. The Bertz CT molecular complexity index is 3130. The summed E-state index contributed by atoms with van der Waals surface area (Å²) in [5.74, 6) is 0. The average molecular weight is 724 g/mol. The lowest BCUT2D eigenvalue weighted by Gasteiger charge is -2.34. The van der Waals surface area contributed by atoms with Gasteiger partial charge in [0.1, 0.15) is 6.33 Å². The fraction of sp³-hybridized carbons (Fsp3) is 0.0189. The molecule has 1 aliphatic heterocycles. The van der Waals surface area contributed by atoms with Gasteiger partial charge in [-0.3, -0.25) is 0 Å². The lowest BCUT2D eigenvalue weighted by atomic mass is 9.37. The van der Waals surface area contributed by atoms with E-state index < -0.39 is 5.41 Å². The predicted octanol–water partition coefficient (Wildman–Crippen LogP) is 10.1. The molecule has 10 aromatic rings. The van der Waals surface area contributed by atoms with E-state index in [0.717, 1.165) is 11.1 Å². The monoisotopic (exact) mass is 723 g/mol. The van der Waals surface area contributed by atoms with Crippen molar-refractivity contribution in [2.45, 2.75) is 5.41 Å². The van der Waals surface area contributed by atoms with Gasteiger partial charge in [-0.25, -0.2) is 9.97 Å². The van der Waals surface area contributed by atoms with Crippen molar-refractivity contribution in [1.82, 2.24) is 14.5 Å². The number of para-hydroxylation sites is 1. The first-order chi connectivity index (χ1) is 28.3. The number of hydrogen-bond acceptors (Lipinski definition) is 2. The lowest BCUT2D eigenvalue weighted by molar-refractivity contribution is 0.769. The minimum absolute atomic E-state index is 0.00794. The van der Waals surface area contributed by atoms with Crippen molar-refractivity contribution in [3.05, 3.63) is 229 Å². The van der Waals surface area contributed by atoms with Crippen molar-refractivity contribution in [2.24, 2.45) is 0 Å². The molecule has 0 atom stereocenters. The molecule has 0 bridgehead atoms. The zero-order chi connectivity index (χ0) is 37.5. The second kappa shape index (κ2) is 12.4. The Morgan fingerprint density at radius 2 is 1.02 bits per heavy atom. The van der Waals surface area contributed by atoms with Gasteiger partial charge in [0.2, 0.25) is 6.71 Å². The SMILES string of the molecule is c1ccc(B2c3c(-c4cncnc4)cccc3-c3cccc(-n4c5ccccc5c5cc6c(cc54)C(c4ccccc4)(c4ccccc4)c4ccccc4-6)c32)cc1. The van der Waals surface area contributed by atoms with Gasteiger partial charge in [0.15, 0.2) is 0 Å². The summed E-state index contributed by atoms with van der Waals surface area (Å²) in [6.45, 7) is -0.00794. The number of fused-ring (bicyclic) bond motifs is 9. The summed E-state index contributed by atoms with van der Waals surface area (Å²) in [6.07, 6.45) is 5.48. The van der Waals surface area contributed by atoms with Crippen LogP contribution in [0.3, 0.4) is 0 Å². The van der Waals surface area contributed by atoms with E-state index >= 15 is 0 Å². The Morgan fingerprint density at radius 3 is 1.77 bits per heavy atom. The zero-order valence-corrected chi connectivity index (χ0v) is 31.0. The molecule has 1 aliphatic carbocycles. The molecule has 0 radical (unpaired) electrons. The summed E-state index contributed by atoms with van der Waals surface area (Å²) in [5, 5.41) is 2.50. The first-order valence-corrected chi connectivity index (χ1v) is 19.7. The molecule has 2 aliphatic rings. The van der Waals surface area contributed by atoms with Crippen LogP contribution in [-0.2, 0) is 5.41 Å². The maximum Gasteiger partial charge on any atom is 0.246 e. The van der Waals surface area contributed by atoms with E-state index in [2.05, 4.69) is 203 Å². The van der Waals surface area contributed by atoms with Crippen molar-refractivity contribution in [3.8, 4) is 39.1 Å². The highest BCUT2D eigenvalue weighted by molar-refractivity contribution is 7.00. The van der Waals surface area contributed by atoms with Crippen molar-refractivity contribution in [1.29, 1.82) is 0 Å². The fourth-order valence-corrected chi connectivity index (χ4v) is 10.4. The van der Waals surface area contributed by atoms with Crippen LogP contribution in [0.1, 0.15) is 22.3 Å². The van der Waals surface area contributed by atoms with E-state index in [4.69, 9.17) is 0 Å². The van der Waals surface area contributed by atoms with Gasteiger partial charge in [-0.2, -0.15) is 0 Å². The molecule has 4 heteroatoms. The molecule has 2 aromatic heterocycles. The third-order valence-electron chi connectivity index (χ3n) is 12.6. The topological polar surface area (TPSA) is 30.7 Å². The predicted molar refractivity (Wildman–Crippen MR) is 236 cm³/mol. The van der Waals surface area contributed by atoms with E-state index in [1.807, 2.05) is 12.4 Å². The molecule has 0 saturated carbocycles. The molecule has 3 heterocycles. The van der Waals surface area contributed by atoms with Crippen LogP contribution in [0.5, 0.6) is 0 Å². The molecule has 57 heavy (non-hydrogen) atoms. The normalized spacial score (nSPS) is 13.4. The molecule has 0 unspecified atom stereocenters. The van der Waals surface area contributed by atoms with E-state index in [9.17, 15) is 0 Å². The average Bonchev–Trinajstić information content (AvgIpc) is 3.91. The first kappa shape index (κ1) is 32.0. The van der Waals surface area contributed by atoms with Crippen molar-refractivity contribution in [2.75, 3.05) is 0 Å². The lowest BCUT2D eigenvalue weighted by Crippen LogP contribution is -2.50.